The molecule has 1 amide bonds. The average Bonchev–Trinajstić information content (AvgIpc) is 2.53. The molecule has 0 aromatic heterocycles. The first-order valence-electron chi connectivity index (χ1n) is 7.79. The van der Waals surface area contributed by atoms with E-state index in [0.29, 0.717) is 6.54 Å². The maximum atomic E-state index is 12.7. The molecule has 1 fully saturated rings. The van der Waals surface area contributed by atoms with E-state index in [4.69, 9.17) is 0 Å². The summed E-state index contributed by atoms with van der Waals surface area (Å²) in [6.45, 7) is 0.517. The Bertz CT molecular complexity index is 549. The average molecular weight is 287 g/mol. The second kappa shape index (κ2) is 5.88. The van der Waals surface area contributed by atoms with Gasteiger partial charge in [-0.1, -0.05) is 43.5 Å². The molecule has 1 heterocycles. The largest absolute Gasteiger partial charge is 0.479 e. The monoisotopic (exact) mass is 287 g/mol. The maximum absolute atomic E-state index is 12.7. The van der Waals surface area contributed by atoms with Crippen molar-refractivity contribution in [3.8, 4) is 0 Å². The van der Waals surface area contributed by atoms with Gasteiger partial charge in [-0.15, -0.1) is 0 Å². The van der Waals surface area contributed by atoms with Crippen LogP contribution in [0.25, 0.3) is 0 Å². The van der Waals surface area contributed by atoms with Crippen LogP contribution in [0.4, 0.5) is 0 Å². The Morgan fingerprint density at radius 1 is 1.10 bits per heavy atom. The van der Waals surface area contributed by atoms with Crippen molar-refractivity contribution in [1.29, 1.82) is 0 Å². The number of fused-ring (bicyclic) bond motifs is 1. The van der Waals surface area contributed by atoms with Crippen molar-refractivity contribution in [2.24, 2.45) is 5.92 Å². The molecule has 1 aromatic carbocycles. The standard InChI is InChI=1S/C17H21NO3/c19-16(13-7-2-1-3-8-13)18-11-10-12-6-4-5-9-14(12)15(18)17(20)21/h4-6,9,13,15H,1-3,7-8,10-11H2,(H,20,21). The van der Waals surface area contributed by atoms with Gasteiger partial charge in [-0.25, -0.2) is 4.79 Å². The lowest BCUT2D eigenvalue weighted by Crippen LogP contribution is -2.46. The zero-order valence-electron chi connectivity index (χ0n) is 12.1. The number of benzene rings is 1. The molecule has 1 unspecified atom stereocenters. The first-order chi connectivity index (χ1) is 10.2. The Labute approximate surface area is 124 Å². The van der Waals surface area contributed by atoms with E-state index in [-0.39, 0.29) is 11.8 Å². The van der Waals surface area contributed by atoms with Gasteiger partial charge in [0.05, 0.1) is 0 Å². The topological polar surface area (TPSA) is 57.6 Å². The second-order valence-electron chi connectivity index (χ2n) is 6.06. The molecule has 1 N–H and O–H groups in total. The lowest BCUT2D eigenvalue weighted by molar-refractivity contribution is -0.153. The molecule has 4 nitrogen and oxygen atoms in total. The van der Waals surface area contributed by atoms with Crippen LogP contribution in [0.15, 0.2) is 24.3 Å². The number of carboxylic acid groups (broad SMARTS) is 1. The fraction of sp³-hybridized carbons (Fsp3) is 0.529. The molecule has 1 atom stereocenters. The van der Waals surface area contributed by atoms with Crippen LogP contribution < -0.4 is 0 Å². The SMILES string of the molecule is O=C(O)C1c2ccccc2CCN1C(=O)C1CCCCC1. The fourth-order valence-corrected chi connectivity index (χ4v) is 3.65. The van der Waals surface area contributed by atoms with Crippen molar-refractivity contribution in [1.82, 2.24) is 4.90 Å². The molecule has 21 heavy (non-hydrogen) atoms. The van der Waals surface area contributed by atoms with Gasteiger partial charge in [0.15, 0.2) is 6.04 Å². The first kappa shape index (κ1) is 14.1. The summed E-state index contributed by atoms with van der Waals surface area (Å²) in [4.78, 5) is 26.1. The third-order valence-electron chi connectivity index (χ3n) is 4.75. The molecule has 1 saturated carbocycles. The molecule has 112 valence electrons. The van der Waals surface area contributed by atoms with Gasteiger partial charge in [-0.2, -0.15) is 0 Å². The number of hydrogen-bond donors (Lipinski definition) is 1. The number of rotatable bonds is 2. The lowest BCUT2D eigenvalue weighted by atomic mass is 9.86. The Morgan fingerprint density at radius 3 is 2.52 bits per heavy atom. The van der Waals surface area contributed by atoms with Gasteiger partial charge in [0, 0.05) is 12.5 Å². The summed E-state index contributed by atoms with van der Waals surface area (Å²) < 4.78 is 0. The molecular weight excluding hydrogens is 266 g/mol. The summed E-state index contributed by atoms with van der Waals surface area (Å²) in [5, 5.41) is 9.61. The van der Waals surface area contributed by atoms with E-state index in [2.05, 4.69) is 0 Å². The molecule has 1 aliphatic carbocycles. The van der Waals surface area contributed by atoms with Gasteiger partial charge in [0.2, 0.25) is 5.91 Å². The number of carbonyl (C=O) groups excluding carboxylic acids is 1. The summed E-state index contributed by atoms with van der Waals surface area (Å²) in [5.74, 6) is -0.867. The second-order valence-corrected chi connectivity index (χ2v) is 6.06. The van der Waals surface area contributed by atoms with E-state index < -0.39 is 12.0 Å². The number of hydrogen-bond acceptors (Lipinski definition) is 2. The molecular formula is C17H21NO3. The highest BCUT2D eigenvalue weighted by atomic mass is 16.4. The normalized spacial score (nSPS) is 22.7. The smallest absolute Gasteiger partial charge is 0.331 e. The minimum absolute atomic E-state index is 0.0193. The Balaban J connectivity index is 1.88. The van der Waals surface area contributed by atoms with Gasteiger partial charge >= 0.3 is 5.97 Å². The lowest BCUT2D eigenvalue weighted by Gasteiger charge is -2.37. The number of carboxylic acids is 1. The molecule has 4 heteroatoms. The molecule has 1 aromatic rings. The number of aliphatic carboxylic acids is 1. The number of nitrogens with zero attached hydrogens (tertiary/aromatic N) is 1. The Morgan fingerprint density at radius 2 is 1.81 bits per heavy atom. The summed E-state index contributed by atoms with van der Waals surface area (Å²) in [5.41, 5.74) is 1.83. The summed E-state index contributed by atoms with van der Waals surface area (Å²) >= 11 is 0. The van der Waals surface area contributed by atoms with Crippen LogP contribution in [0, 0.1) is 5.92 Å². The van der Waals surface area contributed by atoms with E-state index in [1.165, 1.54) is 6.42 Å². The third-order valence-corrected chi connectivity index (χ3v) is 4.75. The van der Waals surface area contributed by atoms with Crippen LogP contribution in [-0.2, 0) is 16.0 Å². The van der Waals surface area contributed by atoms with Crippen LogP contribution in [0.2, 0.25) is 0 Å². The third kappa shape index (κ3) is 2.67. The quantitative estimate of drug-likeness (QED) is 0.910. The minimum Gasteiger partial charge on any atom is -0.479 e. The van der Waals surface area contributed by atoms with Crippen LogP contribution in [0.1, 0.15) is 49.3 Å². The van der Waals surface area contributed by atoms with Crippen molar-refractivity contribution in [3.05, 3.63) is 35.4 Å². The van der Waals surface area contributed by atoms with Gasteiger partial charge in [0.25, 0.3) is 0 Å². The minimum atomic E-state index is -0.925. The fourth-order valence-electron chi connectivity index (χ4n) is 3.65. The van der Waals surface area contributed by atoms with Crippen LogP contribution in [0.3, 0.4) is 0 Å². The predicted octanol–water partition coefficient (Wildman–Crippen LogP) is 2.78. The zero-order valence-corrected chi connectivity index (χ0v) is 12.1. The molecule has 0 bridgehead atoms. The zero-order chi connectivity index (χ0) is 14.8. The predicted molar refractivity (Wildman–Crippen MR) is 78.8 cm³/mol. The van der Waals surface area contributed by atoms with E-state index in [9.17, 15) is 14.7 Å². The van der Waals surface area contributed by atoms with Crippen LogP contribution in [0.5, 0.6) is 0 Å². The summed E-state index contributed by atoms with van der Waals surface area (Å²) in [6, 6.07) is 6.77. The molecule has 3 rings (SSSR count). The van der Waals surface area contributed by atoms with E-state index in [0.717, 1.165) is 43.2 Å². The van der Waals surface area contributed by atoms with Crippen molar-refractivity contribution >= 4 is 11.9 Å². The van der Waals surface area contributed by atoms with Crippen molar-refractivity contribution in [2.45, 2.75) is 44.6 Å². The van der Waals surface area contributed by atoms with E-state index >= 15 is 0 Å². The van der Waals surface area contributed by atoms with Gasteiger partial charge in [-0.3, -0.25) is 4.79 Å². The molecule has 0 spiro atoms. The Hall–Kier alpha value is -1.84. The number of amides is 1. The van der Waals surface area contributed by atoms with Gasteiger partial charge in [-0.05, 0) is 30.4 Å². The van der Waals surface area contributed by atoms with Crippen molar-refractivity contribution < 1.29 is 14.7 Å². The molecule has 2 aliphatic rings. The highest BCUT2D eigenvalue weighted by molar-refractivity contribution is 5.86. The molecule has 0 saturated heterocycles. The molecule has 1 aliphatic heterocycles. The Kier molecular flexibility index (Phi) is 3.95. The molecule has 0 radical (unpaired) electrons. The number of carbonyl (C=O) groups is 2. The van der Waals surface area contributed by atoms with Crippen LogP contribution >= 0.6 is 0 Å². The van der Waals surface area contributed by atoms with Crippen molar-refractivity contribution in [3.63, 3.8) is 0 Å². The summed E-state index contributed by atoms with van der Waals surface area (Å²) in [6.07, 6.45) is 5.91. The maximum Gasteiger partial charge on any atom is 0.331 e. The highest BCUT2D eigenvalue weighted by Crippen LogP contribution is 2.34. The van der Waals surface area contributed by atoms with E-state index in [1.807, 2.05) is 24.3 Å². The summed E-state index contributed by atoms with van der Waals surface area (Å²) in [7, 11) is 0. The van der Waals surface area contributed by atoms with Gasteiger partial charge in [0.1, 0.15) is 0 Å². The van der Waals surface area contributed by atoms with Gasteiger partial charge < -0.3 is 10.0 Å². The first-order valence-corrected chi connectivity index (χ1v) is 7.79. The highest BCUT2D eigenvalue weighted by Gasteiger charge is 2.38. The van der Waals surface area contributed by atoms with E-state index in [1.54, 1.807) is 4.90 Å². The van der Waals surface area contributed by atoms with Crippen molar-refractivity contribution in [2.75, 3.05) is 6.54 Å². The van der Waals surface area contributed by atoms with Crippen LogP contribution in [-0.4, -0.2) is 28.4 Å².